The van der Waals surface area contributed by atoms with E-state index in [9.17, 15) is 4.79 Å². The summed E-state index contributed by atoms with van der Waals surface area (Å²) in [6.07, 6.45) is 19.5. The van der Waals surface area contributed by atoms with Gasteiger partial charge in [-0.25, -0.2) is 9.78 Å². The molecule has 2 aromatic heterocycles. The summed E-state index contributed by atoms with van der Waals surface area (Å²) in [5, 5.41) is 0.362. The Kier molecular flexibility index (Phi) is 8.21. The third-order valence-corrected chi connectivity index (χ3v) is 4.83. The van der Waals surface area contributed by atoms with Crippen molar-refractivity contribution in [1.29, 1.82) is 0 Å². The van der Waals surface area contributed by atoms with E-state index in [0.29, 0.717) is 22.8 Å². The molecule has 2 aliphatic rings. The minimum atomic E-state index is -0.363. The van der Waals surface area contributed by atoms with Gasteiger partial charge in [0.25, 0.3) is 0 Å². The Morgan fingerprint density at radius 1 is 1.03 bits per heavy atom. The molecule has 150 valence electrons. The van der Waals surface area contributed by atoms with Gasteiger partial charge in [-0.05, 0) is 76.8 Å². The molecule has 6 heteroatoms. The number of carbonyl (C=O) groups excluding carboxylic acids is 1. The molecule has 3 aromatic rings. The number of ether oxygens (including phenoxy) is 1. The molecule has 0 bridgehead atoms. The van der Waals surface area contributed by atoms with Gasteiger partial charge in [-0.3, -0.25) is 0 Å². The Bertz CT molecular complexity index is 1000. The summed E-state index contributed by atoms with van der Waals surface area (Å²) in [5.41, 5.74) is 3.61. The molecule has 0 spiro atoms. The minimum absolute atomic E-state index is 0. The summed E-state index contributed by atoms with van der Waals surface area (Å²) < 4.78 is 7.15. The Hall–Kier alpha value is -1.55. The number of hydrogen-bond acceptors (Lipinski definition) is 3. The van der Waals surface area contributed by atoms with Crippen LogP contribution in [0.15, 0.2) is 30.5 Å². The van der Waals surface area contributed by atoms with Gasteiger partial charge in [-0.2, -0.15) is 0 Å². The first-order chi connectivity index (χ1) is 14.2. The average molecular weight is 459 g/mol. The number of para-hydroxylation sites is 2. The van der Waals surface area contributed by atoms with Gasteiger partial charge in [0.2, 0.25) is 0 Å². The Labute approximate surface area is 193 Å². The first-order valence-corrected chi connectivity index (χ1v) is 9.73. The predicted molar refractivity (Wildman–Crippen MR) is 115 cm³/mol. The molecule has 10 radical (unpaired) electrons. The maximum absolute atomic E-state index is 12.5. The van der Waals surface area contributed by atoms with Crippen molar-refractivity contribution in [3.05, 3.63) is 110 Å². The summed E-state index contributed by atoms with van der Waals surface area (Å²) in [6, 6.07) is 7.69. The second kappa shape index (κ2) is 10.7. The first kappa shape index (κ1) is 23.1. The fourth-order valence-corrected chi connectivity index (χ4v) is 3.61. The molecule has 2 fully saturated rings. The maximum Gasteiger partial charge on any atom is 2.00 e. The van der Waals surface area contributed by atoms with E-state index in [1.54, 1.807) is 13.1 Å². The minimum Gasteiger partial charge on any atom is -0.462 e. The number of hydrogen-bond donors (Lipinski definition) is 0. The van der Waals surface area contributed by atoms with Crippen molar-refractivity contribution < 1.29 is 26.6 Å². The van der Waals surface area contributed by atoms with E-state index in [2.05, 4.69) is 4.98 Å². The quantitative estimate of drug-likeness (QED) is 0.406. The van der Waals surface area contributed by atoms with Gasteiger partial charge in [0.05, 0.1) is 28.7 Å². The number of esters is 1. The smallest absolute Gasteiger partial charge is 0.462 e. The van der Waals surface area contributed by atoms with Crippen molar-refractivity contribution in [2.24, 2.45) is 0 Å². The molecule has 2 aliphatic carbocycles. The van der Waals surface area contributed by atoms with Crippen molar-refractivity contribution in [2.75, 3.05) is 6.61 Å². The molecule has 0 atom stereocenters. The van der Waals surface area contributed by atoms with E-state index in [0.717, 1.165) is 22.5 Å². The van der Waals surface area contributed by atoms with Crippen LogP contribution in [0.3, 0.4) is 0 Å². The summed E-state index contributed by atoms with van der Waals surface area (Å²) in [6.45, 7) is 2.11. The van der Waals surface area contributed by atoms with Crippen molar-refractivity contribution >= 4 is 34.1 Å². The molecular weight excluding hydrogens is 440 g/mol. The van der Waals surface area contributed by atoms with E-state index >= 15 is 0 Å². The molecule has 0 unspecified atom stereocenters. The summed E-state index contributed by atoms with van der Waals surface area (Å²) in [4.78, 5) is 17.0. The molecule has 5 rings (SSSR count). The van der Waals surface area contributed by atoms with E-state index in [4.69, 9.17) is 16.3 Å². The van der Waals surface area contributed by atoms with Crippen molar-refractivity contribution in [3.8, 4) is 0 Å². The molecule has 1 aromatic carbocycles. The van der Waals surface area contributed by atoms with Crippen LogP contribution in [0, 0.1) is 63.7 Å². The van der Waals surface area contributed by atoms with E-state index < -0.39 is 0 Å². The largest absolute Gasteiger partial charge is 2.00 e. The fraction of sp³-hybridized carbons (Fsp3) is 0.0833. The van der Waals surface area contributed by atoms with Crippen molar-refractivity contribution in [3.63, 3.8) is 0 Å². The predicted octanol–water partition coefficient (Wildman–Crippen LogP) is 5.09. The first-order valence-electron chi connectivity index (χ1n) is 9.36. The van der Waals surface area contributed by atoms with Crippen LogP contribution >= 0.6 is 11.6 Å². The summed E-state index contributed by atoms with van der Waals surface area (Å²) in [7, 11) is 0. The number of carbonyl (C=O) groups is 1. The zero-order chi connectivity index (χ0) is 20.2. The van der Waals surface area contributed by atoms with Gasteiger partial charge < -0.3 is 9.14 Å². The number of fused-ring (bicyclic) bond motifs is 3. The fourth-order valence-electron chi connectivity index (χ4n) is 3.34. The molecule has 4 nitrogen and oxygen atoms in total. The SMILES string of the molecule is CCOC(=O)c1cn2c(c(Cl)nc3ccccc32)c1[C]1[CH][CH][CH][CH]1.[CH]1[CH][CH][CH][CH]1.[Fe+2]. The monoisotopic (exact) mass is 458 g/mol. The Morgan fingerprint density at radius 2 is 1.67 bits per heavy atom. The third-order valence-electron chi connectivity index (χ3n) is 4.56. The van der Waals surface area contributed by atoms with E-state index in [1.807, 2.05) is 86.5 Å². The average Bonchev–Trinajstić information content (AvgIpc) is 3.50. The topological polar surface area (TPSA) is 43.6 Å². The Morgan fingerprint density at radius 3 is 2.30 bits per heavy atom. The zero-order valence-electron chi connectivity index (χ0n) is 16.2. The molecule has 0 amide bonds. The van der Waals surface area contributed by atoms with Gasteiger partial charge in [0, 0.05) is 17.7 Å². The number of aromatic nitrogens is 2. The molecule has 2 heterocycles. The van der Waals surface area contributed by atoms with Crippen LogP contribution in [0.1, 0.15) is 22.8 Å². The van der Waals surface area contributed by atoms with Crippen LogP contribution < -0.4 is 0 Å². The van der Waals surface area contributed by atoms with Crippen LogP contribution in [0.5, 0.6) is 0 Å². The molecule has 0 saturated heterocycles. The summed E-state index contributed by atoms with van der Waals surface area (Å²) >= 11 is 6.47. The maximum atomic E-state index is 12.5. The molecular formula is C24H19ClFeN2O2+2. The normalized spacial score (nSPS) is 16.3. The van der Waals surface area contributed by atoms with Crippen molar-refractivity contribution in [1.82, 2.24) is 9.38 Å². The van der Waals surface area contributed by atoms with Gasteiger partial charge in [0.15, 0.2) is 5.15 Å². The number of halogens is 1. The standard InChI is InChI=1S/C19H14ClN2O2.C5H5.Fe/c1-2-24-19(23)13-11-22-15-10-6-5-9-14(15)21-18(20)17(22)16(13)12-7-3-4-8-12;1-2-4-5-3-1;/h3-11H,2H2,1H3;1-5H;/q;;+2. The third kappa shape index (κ3) is 4.69. The van der Waals surface area contributed by atoms with Gasteiger partial charge in [0.1, 0.15) is 0 Å². The van der Waals surface area contributed by atoms with Crippen LogP contribution in [-0.4, -0.2) is 22.0 Å². The number of benzene rings is 1. The van der Waals surface area contributed by atoms with Crippen LogP contribution in [0.25, 0.3) is 16.6 Å². The van der Waals surface area contributed by atoms with Crippen LogP contribution in [0.4, 0.5) is 0 Å². The zero-order valence-corrected chi connectivity index (χ0v) is 18.1. The molecule has 30 heavy (non-hydrogen) atoms. The van der Waals surface area contributed by atoms with Crippen LogP contribution in [0.2, 0.25) is 5.15 Å². The van der Waals surface area contributed by atoms with E-state index in [1.165, 1.54) is 0 Å². The van der Waals surface area contributed by atoms with E-state index in [-0.39, 0.29) is 23.0 Å². The number of rotatable bonds is 3. The Balaban J connectivity index is 0.000000376. The second-order valence-corrected chi connectivity index (χ2v) is 6.74. The van der Waals surface area contributed by atoms with Gasteiger partial charge in [-0.15, -0.1) is 0 Å². The second-order valence-electron chi connectivity index (χ2n) is 6.38. The molecule has 0 N–H and O–H groups in total. The molecule has 2 saturated carbocycles. The van der Waals surface area contributed by atoms with Crippen LogP contribution in [-0.2, 0) is 21.8 Å². The summed E-state index contributed by atoms with van der Waals surface area (Å²) in [5.74, 6) is 0.553. The van der Waals surface area contributed by atoms with Crippen molar-refractivity contribution in [2.45, 2.75) is 6.92 Å². The number of nitrogens with zero attached hydrogens (tertiary/aromatic N) is 2. The molecule has 0 aliphatic heterocycles. The van der Waals surface area contributed by atoms with Gasteiger partial charge in [-0.1, -0.05) is 23.7 Å². The van der Waals surface area contributed by atoms with Gasteiger partial charge >= 0.3 is 23.0 Å².